The van der Waals surface area contributed by atoms with Crippen LogP contribution in [0.4, 0.5) is 22.1 Å². The van der Waals surface area contributed by atoms with Crippen molar-refractivity contribution in [3.8, 4) is 5.75 Å². The molecule has 0 unspecified atom stereocenters. The maximum absolute atomic E-state index is 13.1. The number of hydrogen-bond donors (Lipinski definition) is 2. The number of benzene rings is 1. The first kappa shape index (κ1) is 10.2. The summed E-state index contributed by atoms with van der Waals surface area (Å²) < 4.78 is 22.8. The number of aromatic nitrogens is 2. The van der Waals surface area contributed by atoms with Crippen LogP contribution in [0, 0.1) is 5.82 Å². The van der Waals surface area contributed by atoms with E-state index < -0.39 is 5.82 Å². The zero-order valence-corrected chi connectivity index (χ0v) is 8.40. The van der Waals surface area contributed by atoms with E-state index >= 15 is 0 Å². The number of rotatable bonds is 3. The Morgan fingerprint density at radius 1 is 1.44 bits per heavy atom. The maximum Gasteiger partial charge on any atom is 0.321 e. The van der Waals surface area contributed by atoms with E-state index in [0.29, 0.717) is 5.69 Å². The van der Waals surface area contributed by atoms with Gasteiger partial charge >= 0.3 is 12.0 Å². The molecule has 3 N–H and O–H groups in total. The summed E-state index contributed by atoms with van der Waals surface area (Å²) in [5.41, 5.74) is 5.80. The second-order valence-corrected chi connectivity index (χ2v) is 2.92. The summed E-state index contributed by atoms with van der Waals surface area (Å²) in [7, 11) is 1.38. The quantitative estimate of drug-likeness (QED) is 0.822. The molecule has 0 fully saturated rings. The Balaban J connectivity index is 2.21. The summed E-state index contributed by atoms with van der Waals surface area (Å²) in [6.07, 6.45) is 0. The number of halogens is 1. The van der Waals surface area contributed by atoms with E-state index in [4.69, 9.17) is 14.9 Å². The summed E-state index contributed by atoms with van der Waals surface area (Å²) in [5, 5.41) is 9.83. The summed E-state index contributed by atoms with van der Waals surface area (Å²) in [6.45, 7) is 0. The molecule has 0 amide bonds. The highest BCUT2D eigenvalue weighted by atomic mass is 19.1. The average Bonchev–Trinajstić information content (AvgIpc) is 2.67. The smallest absolute Gasteiger partial charge is 0.321 e. The predicted octanol–water partition coefficient (Wildman–Crippen LogP) is 1.54. The highest BCUT2D eigenvalue weighted by molar-refractivity contribution is 5.55. The van der Waals surface area contributed by atoms with Crippen LogP contribution in [0.2, 0.25) is 0 Å². The molecule has 0 radical (unpaired) electrons. The van der Waals surface area contributed by atoms with Gasteiger partial charge in [0.1, 0.15) is 0 Å². The molecule has 84 valence electrons. The molecule has 0 saturated heterocycles. The van der Waals surface area contributed by atoms with Crippen LogP contribution in [0.3, 0.4) is 0 Å². The molecule has 0 bridgehead atoms. The van der Waals surface area contributed by atoms with Gasteiger partial charge in [-0.2, -0.15) is 0 Å². The van der Waals surface area contributed by atoms with Gasteiger partial charge in [0, 0.05) is 11.8 Å². The van der Waals surface area contributed by atoms with E-state index in [2.05, 4.69) is 15.5 Å². The van der Waals surface area contributed by atoms with Gasteiger partial charge in [0.15, 0.2) is 11.6 Å². The monoisotopic (exact) mass is 224 g/mol. The third kappa shape index (κ3) is 2.02. The first-order valence-corrected chi connectivity index (χ1v) is 4.38. The molecular weight excluding hydrogens is 215 g/mol. The van der Waals surface area contributed by atoms with Crippen molar-refractivity contribution < 1.29 is 13.5 Å². The number of ether oxygens (including phenoxy) is 1. The molecule has 0 aliphatic rings. The van der Waals surface area contributed by atoms with Gasteiger partial charge < -0.3 is 20.2 Å². The first-order chi connectivity index (χ1) is 7.69. The van der Waals surface area contributed by atoms with Gasteiger partial charge in [-0.3, -0.25) is 0 Å². The minimum Gasteiger partial charge on any atom is -0.494 e. The van der Waals surface area contributed by atoms with Crippen LogP contribution in [0.1, 0.15) is 0 Å². The Labute approximate surface area is 90.2 Å². The number of anilines is 3. The molecule has 0 aliphatic carbocycles. The Hall–Kier alpha value is -2.31. The molecule has 2 rings (SSSR count). The van der Waals surface area contributed by atoms with E-state index in [1.54, 1.807) is 0 Å². The van der Waals surface area contributed by atoms with Gasteiger partial charge in [-0.15, -0.1) is 0 Å². The van der Waals surface area contributed by atoms with Crippen LogP contribution < -0.4 is 15.8 Å². The highest BCUT2D eigenvalue weighted by Gasteiger charge is 2.06. The van der Waals surface area contributed by atoms with Gasteiger partial charge in [0.05, 0.1) is 7.11 Å². The lowest BCUT2D eigenvalue weighted by molar-refractivity contribution is 0.387. The van der Waals surface area contributed by atoms with E-state index in [9.17, 15) is 4.39 Å². The lowest BCUT2D eigenvalue weighted by Gasteiger charge is -2.05. The Bertz CT molecular complexity index is 500. The zero-order chi connectivity index (χ0) is 11.5. The second kappa shape index (κ2) is 4.05. The topological polar surface area (TPSA) is 86.2 Å². The van der Waals surface area contributed by atoms with Gasteiger partial charge in [-0.1, -0.05) is 10.2 Å². The molecule has 0 aliphatic heterocycles. The van der Waals surface area contributed by atoms with Crippen LogP contribution in [0.15, 0.2) is 22.6 Å². The maximum atomic E-state index is 13.1. The average molecular weight is 224 g/mol. The molecule has 1 aromatic heterocycles. The highest BCUT2D eigenvalue weighted by Crippen LogP contribution is 2.23. The summed E-state index contributed by atoms with van der Waals surface area (Å²) >= 11 is 0. The summed E-state index contributed by atoms with van der Waals surface area (Å²) in [6, 6.07) is 4.33. The fraction of sp³-hybridized carbons (Fsp3) is 0.111. The molecular formula is C9H9FN4O2. The summed E-state index contributed by atoms with van der Waals surface area (Å²) in [5.74, 6) is -0.324. The van der Waals surface area contributed by atoms with Crippen LogP contribution in [-0.4, -0.2) is 17.3 Å². The van der Waals surface area contributed by atoms with E-state index in [1.807, 2.05) is 0 Å². The van der Waals surface area contributed by atoms with E-state index in [1.165, 1.54) is 25.3 Å². The van der Waals surface area contributed by atoms with Crippen molar-refractivity contribution in [2.24, 2.45) is 0 Å². The fourth-order valence-corrected chi connectivity index (χ4v) is 1.15. The van der Waals surface area contributed by atoms with Crippen molar-refractivity contribution in [3.63, 3.8) is 0 Å². The minimum absolute atomic E-state index is 0.0448. The van der Waals surface area contributed by atoms with E-state index in [0.717, 1.165) is 0 Å². The molecule has 2 aromatic rings. The number of hydrogen-bond acceptors (Lipinski definition) is 6. The lowest BCUT2D eigenvalue weighted by atomic mass is 10.3. The van der Waals surface area contributed by atoms with Crippen molar-refractivity contribution in [2.45, 2.75) is 0 Å². The molecule has 1 heterocycles. The van der Waals surface area contributed by atoms with Crippen molar-refractivity contribution in [1.29, 1.82) is 0 Å². The third-order valence-electron chi connectivity index (χ3n) is 1.84. The fourth-order valence-electron chi connectivity index (χ4n) is 1.15. The van der Waals surface area contributed by atoms with Gasteiger partial charge in [-0.25, -0.2) is 4.39 Å². The van der Waals surface area contributed by atoms with Crippen molar-refractivity contribution in [2.75, 3.05) is 18.2 Å². The standard InChI is InChI=1S/C9H9FN4O2/c1-15-7-4-5(2-3-6(7)10)12-9-14-13-8(11)16-9/h2-4H,1H3,(H2,11,13)(H,12,14). The van der Waals surface area contributed by atoms with Gasteiger partial charge in [0.2, 0.25) is 0 Å². The van der Waals surface area contributed by atoms with Crippen LogP contribution in [0.5, 0.6) is 5.75 Å². The number of nitrogens with two attached hydrogens (primary N) is 1. The van der Waals surface area contributed by atoms with Crippen LogP contribution in [0.25, 0.3) is 0 Å². The molecule has 1 aromatic carbocycles. The molecule has 6 nitrogen and oxygen atoms in total. The Morgan fingerprint density at radius 2 is 2.25 bits per heavy atom. The molecule has 7 heteroatoms. The molecule has 16 heavy (non-hydrogen) atoms. The molecule has 0 saturated carbocycles. The number of nitrogen functional groups attached to an aromatic ring is 1. The van der Waals surface area contributed by atoms with Crippen molar-refractivity contribution >= 4 is 17.7 Å². The largest absolute Gasteiger partial charge is 0.494 e. The first-order valence-electron chi connectivity index (χ1n) is 4.38. The normalized spacial score (nSPS) is 10.1. The SMILES string of the molecule is COc1cc(Nc2nnc(N)o2)ccc1F. The molecule has 0 atom stereocenters. The van der Waals surface area contributed by atoms with Gasteiger partial charge in [-0.05, 0) is 12.1 Å². The number of nitrogens with zero attached hydrogens (tertiary/aromatic N) is 2. The summed E-state index contributed by atoms with van der Waals surface area (Å²) in [4.78, 5) is 0. The van der Waals surface area contributed by atoms with Crippen LogP contribution in [-0.2, 0) is 0 Å². The van der Waals surface area contributed by atoms with E-state index in [-0.39, 0.29) is 17.8 Å². The predicted molar refractivity (Wildman–Crippen MR) is 54.9 cm³/mol. The minimum atomic E-state index is -0.446. The Kier molecular flexibility index (Phi) is 2.59. The third-order valence-corrected chi connectivity index (χ3v) is 1.84. The molecule has 0 spiro atoms. The number of nitrogens with one attached hydrogen (secondary N) is 1. The van der Waals surface area contributed by atoms with Crippen molar-refractivity contribution in [3.05, 3.63) is 24.0 Å². The van der Waals surface area contributed by atoms with Crippen LogP contribution >= 0.6 is 0 Å². The lowest BCUT2D eigenvalue weighted by Crippen LogP contribution is -1.93. The second-order valence-electron chi connectivity index (χ2n) is 2.92. The van der Waals surface area contributed by atoms with Crippen molar-refractivity contribution in [1.82, 2.24) is 10.2 Å². The Morgan fingerprint density at radius 3 is 2.88 bits per heavy atom. The zero-order valence-electron chi connectivity index (χ0n) is 8.40. The number of methoxy groups -OCH3 is 1. The van der Waals surface area contributed by atoms with Gasteiger partial charge in [0.25, 0.3) is 0 Å².